The minimum atomic E-state index is -0.555. The fraction of sp³-hybridized carbons (Fsp3) is 0.812. The maximum absolute atomic E-state index is 10.7. The van der Waals surface area contributed by atoms with Crippen LogP contribution in [-0.2, 0) is 6.42 Å². The van der Waals surface area contributed by atoms with Gasteiger partial charge in [-0.05, 0) is 51.6 Å². The largest absolute Gasteiger partial charge is 0.389 e. The van der Waals surface area contributed by atoms with Crippen LogP contribution in [0.1, 0.15) is 64.1 Å². The van der Waals surface area contributed by atoms with E-state index in [-0.39, 0.29) is 0 Å². The number of aromatic nitrogens is 2. The van der Waals surface area contributed by atoms with Gasteiger partial charge in [0.15, 0.2) is 0 Å². The van der Waals surface area contributed by atoms with Gasteiger partial charge in [-0.15, -0.1) is 0 Å². The fourth-order valence-electron chi connectivity index (χ4n) is 3.30. The van der Waals surface area contributed by atoms with E-state index in [0.29, 0.717) is 18.5 Å². The Hall–Kier alpha value is -0.870. The average molecular weight is 279 g/mol. The molecule has 1 fully saturated rings. The van der Waals surface area contributed by atoms with Crippen LogP contribution >= 0.6 is 0 Å². The van der Waals surface area contributed by atoms with Crippen LogP contribution in [0, 0.1) is 0 Å². The van der Waals surface area contributed by atoms with E-state index in [1.54, 1.807) is 0 Å². The summed E-state index contributed by atoms with van der Waals surface area (Å²) in [7, 11) is 2.01. The predicted molar refractivity (Wildman–Crippen MR) is 81.8 cm³/mol. The Labute approximate surface area is 122 Å². The molecular formula is C16H29N3O. The third kappa shape index (κ3) is 3.61. The van der Waals surface area contributed by atoms with E-state index in [0.717, 1.165) is 44.2 Å². The minimum absolute atomic E-state index is 0.485. The zero-order chi connectivity index (χ0) is 14.6. The molecule has 1 aliphatic carbocycles. The van der Waals surface area contributed by atoms with Crippen LogP contribution < -0.4 is 5.32 Å². The molecule has 4 nitrogen and oxygen atoms in total. The van der Waals surface area contributed by atoms with E-state index in [9.17, 15) is 5.11 Å². The molecule has 1 heterocycles. The lowest BCUT2D eigenvalue weighted by atomic mass is 9.79. The van der Waals surface area contributed by atoms with Crippen molar-refractivity contribution in [3.63, 3.8) is 0 Å². The van der Waals surface area contributed by atoms with Crippen molar-refractivity contribution < 1.29 is 5.11 Å². The first-order valence-electron chi connectivity index (χ1n) is 8.04. The highest BCUT2D eigenvalue weighted by Gasteiger charge is 2.33. The molecule has 1 aromatic heterocycles. The SMILES string of the molecule is CCC(CC)n1ccc(CC2(O)CCC(NC)CC2)n1. The summed E-state index contributed by atoms with van der Waals surface area (Å²) in [5.41, 5.74) is 0.475. The maximum Gasteiger partial charge on any atom is 0.0704 e. The Kier molecular flexibility index (Phi) is 5.22. The van der Waals surface area contributed by atoms with Crippen LogP contribution in [0.2, 0.25) is 0 Å². The summed E-state index contributed by atoms with van der Waals surface area (Å²) < 4.78 is 2.07. The van der Waals surface area contributed by atoms with Gasteiger partial charge in [-0.1, -0.05) is 13.8 Å². The average Bonchev–Trinajstić information content (AvgIpc) is 2.89. The van der Waals surface area contributed by atoms with Crippen LogP contribution in [0.4, 0.5) is 0 Å². The van der Waals surface area contributed by atoms with Crippen molar-refractivity contribution in [3.05, 3.63) is 18.0 Å². The number of hydrogen-bond donors (Lipinski definition) is 2. The molecule has 1 saturated carbocycles. The Morgan fingerprint density at radius 2 is 2.05 bits per heavy atom. The van der Waals surface area contributed by atoms with Gasteiger partial charge >= 0.3 is 0 Å². The topological polar surface area (TPSA) is 50.1 Å². The van der Waals surface area contributed by atoms with Crippen molar-refractivity contribution in [2.24, 2.45) is 0 Å². The molecule has 0 amide bonds. The fourth-order valence-corrected chi connectivity index (χ4v) is 3.30. The van der Waals surface area contributed by atoms with Gasteiger partial charge in [-0.25, -0.2) is 0 Å². The molecule has 2 rings (SSSR count). The van der Waals surface area contributed by atoms with Gasteiger partial charge in [0.25, 0.3) is 0 Å². The second-order valence-electron chi connectivity index (χ2n) is 6.22. The highest BCUT2D eigenvalue weighted by atomic mass is 16.3. The number of rotatable bonds is 6. The van der Waals surface area contributed by atoms with Crippen molar-refractivity contribution in [1.82, 2.24) is 15.1 Å². The third-order valence-corrected chi connectivity index (χ3v) is 4.81. The number of nitrogens with one attached hydrogen (secondary N) is 1. The summed E-state index contributed by atoms with van der Waals surface area (Å²) >= 11 is 0. The quantitative estimate of drug-likeness (QED) is 0.842. The van der Waals surface area contributed by atoms with Crippen molar-refractivity contribution in [2.45, 2.75) is 76.5 Å². The minimum Gasteiger partial charge on any atom is -0.389 e. The van der Waals surface area contributed by atoms with Gasteiger partial charge in [-0.2, -0.15) is 5.10 Å². The van der Waals surface area contributed by atoms with Gasteiger partial charge < -0.3 is 10.4 Å². The lowest BCUT2D eigenvalue weighted by Crippen LogP contribution is -2.41. The summed E-state index contributed by atoms with van der Waals surface area (Å²) in [6.07, 6.45) is 8.82. The van der Waals surface area contributed by atoms with E-state index < -0.39 is 5.60 Å². The van der Waals surface area contributed by atoms with Gasteiger partial charge in [0.1, 0.15) is 0 Å². The van der Waals surface area contributed by atoms with Crippen LogP contribution in [0.3, 0.4) is 0 Å². The molecule has 1 aliphatic rings. The smallest absolute Gasteiger partial charge is 0.0704 e. The Bertz CT molecular complexity index is 404. The molecule has 0 radical (unpaired) electrons. The molecule has 0 unspecified atom stereocenters. The molecule has 1 aromatic rings. The molecule has 0 saturated heterocycles. The number of aliphatic hydroxyl groups is 1. The molecule has 4 heteroatoms. The summed E-state index contributed by atoms with van der Waals surface area (Å²) in [5, 5.41) is 18.7. The molecule has 0 aliphatic heterocycles. The molecular weight excluding hydrogens is 250 g/mol. The second-order valence-corrected chi connectivity index (χ2v) is 6.22. The van der Waals surface area contributed by atoms with Crippen LogP contribution in [0.15, 0.2) is 12.3 Å². The monoisotopic (exact) mass is 279 g/mol. The van der Waals surface area contributed by atoms with Crippen molar-refractivity contribution >= 4 is 0 Å². The first kappa shape index (κ1) is 15.5. The number of hydrogen-bond acceptors (Lipinski definition) is 3. The van der Waals surface area contributed by atoms with Crippen LogP contribution in [-0.4, -0.2) is 33.6 Å². The van der Waals surface area contributed by atoms with E-state index >= 15 is 0 Å². The van der Waals surface area contributed by atoms with E-state index in [4.69, 9.17) is 0 Å². The zero-order valence-electron chi connectivity index (χ0n) is 13.1. The molecule has 2 N–H and O–H groups in total. The zero-order valence-corrected chi connectivity index (χ0v) is 13.1. The molecule has 0 atom stereocenters. The Morgan fingerprint density at radius 3 is 2.60 bits per heavy atom. The summed E-state index contributed by atoms with van der Waals surface area (Å²) in [5.74, 6) is 0. The maximum atomic E-state index is 10.7. The van der Waals surface area contributed by atoms with Gasteiger partial charge in [0, 0.05) is 18.7 Å². The standard InChI is InChI=1S/C16H29N3O/c1-4-15(5-2)19-11-8-14(18-19)12-16(20)9-6-13(17-3)7-10-16/h8,11,13,15,17,20H,4-7,9-10,12H2,1-3H3. The lowest BCUT2D eigenvalue weighted by Gasteiger charge is -2.35. The van der Waals surface area contributed by atoms with E-state index in [2.05, 4.69) is 41.2 Å². The normalized spacial score (nSPS) is 27.1. The Morgan fingerprint density at radius 1 is 1.40 bits per heavy atom. The highest BCUT2D eigenvalue weighted by Crippen LogP contribution is 2.31. The summed E-state index contributed by atoms with van der Waals surface area (Å²) in [6.45, 7) is 4.39. The molecule has 114 valence electrons. The lowest BCUT2D eigenvalue weighted by molar-refractivity contribution is -0.00336. The van der Waals surface area contributed by atoms with Gasteiger partial charge in [0.05, 0.1) is 17.3 Å². The summed E-state index contributed by atoms with van der Waals surface area (Å²) in [6, 6.07) is 3.12. The molecule has 0 spiro atoms. The molecule has 0 aromatic carbocycles. The van der Waals surface area contributed by atoms with Gasteiger partial charge in [0.2, 0.25) is 0 Å². The van der Waals surface area contributed by atoms with Crippen molar-refractivity contribution in [2.75, 3.05) is 7.05 Å². The highest BCUT2D eigenvalue weighted by molar-refractivity contribution is 5.06. The van der Waals surface area contributed by atoms with E-state index in [1.165, 1.54) is 0 Å². The van der Waals surface area contributed by atoms with Crippen LogP contribution in [0.25, 0.3) is 0 Å². The van der Waals surface area contributed by atoms with Crippen molar-refractivity contribution in [1.29, 1.82) is 0 Å². The van der Waals surface area contributed by atoms with Crippen LogP contribution in [0.5, 0.6) is 0 Å². The first-order valence-corrected chi connectivity index (χ1v) is 8.04. The summed E-state index contributed by atoms with van der Waals surface area (Å²) in [4.78, 5) is 0. The second kappa shape index (κ2) is 6.72. The molecule has 20 heavy (non-hydrogen) atoms. The third-order valence-electron chi connectivity index (χ3n) is 4.81. The van der Waals surface area contributed by atoms with Crippen molar-refractivity contribution in [3.8, 4) is 0 Å². The number of nitrogens with zero attached hydrogens (tertiary/aromatic N) is 2. The van der Waals surface area contributed by atoms with E-state index in [1.807, 2.05) is 7.05 Å². The van der Waals surface area contributed by atoms with Gasteiger partial charge in [-0.3, -0.25) is 4.68 Å². The molecule has 0 bridgehead atoms. The Balaban J connectivity index is 1.96. The first-order chi connectivity index (χ1) is 9.60. The predicted octanol–water partition coefficient (Wildman–Crippen LogP) is 2.68.